The molecule has 0 spiro atoms. The Balaban J connectivity index is 0.000000550. The zero-order valence-corrected chi connectivity index (χ0v) is 11.4. The van der Waals surface area contributed by atoms with Crippen LogP contribution in [0.2, 0.25) is 0 Å². The summed E-state index contributed by atoms with van der Waals surface area (Å²) in [5.74, 6) is 0.546. The molecule has 1 atom stereocenters. The van der Waals surface area contributed by atoms with Gasteiger partial charge in [0.25, 0.3) is 0 Å². The summed E-state index contributed by atoms with van der Waals surface area (Å²) in [5, 5.41) is 16.9. The number of hydrogen-bond acceptors (Lipinski definition) is 5. The summed E-state index contributed by atoms with van der Waals surface area (Å²) in [7, 11) is 4.77. The summed E-state index contributed by atoms with van der Waals surface area (Å²) in [6, 6.07) is 1.61. The van der Waals surface area contributed by atoms with Crippen molar-refractivity contribution in [1.29, 1.82) is 0 Å². The zero-order chi connectivity index (χ0) is 14.4. The smallest absolute Gasteiger partial charge is 0.152 e. The van der Waals surface area contributed by atoms with Gasteiger partial charge in [0.1, 0.15) is 5.75 Å². The largest absolute Gasteiger partial charge is 0.496 e. The molecule has 0 saturated heterocycles. The molecule has 0 amide bonds. The van der Waals surface area contributed by atoms with Crippen LogP contribution in [0.3, 0.4) is 0 Å². The van der Waals surface area contributed by atoms with Crippen molar-refractivity contribution in [1.82, 2.24) is 10.2 Å². The lowest BCUT2D eigenvalue weighted by Gasteiger charge is -2.12. The minimum atomic E-state index is -0.701. The molecular formula is C13H18N2O4. The fourth-order valence-electron chi connectivity index (χ4n) is 1.77. The Morgan fingerprint density at radius 2 is 2.05 bits per heavy atom. The third kappa shape index (κ3) is 3.10. The number of aliphatic hydroxyl groups is 1. The quantitative estimate of drug-likeness (QED) is 0.826. The summed E-state index contributed by atoms with van der Waals surface area (Å²) < 4.78 is 9.49. The molecule has 0 aliphatic rings. The van der Waals surface area contributed by atoms with E-state index in [-0.39, 0.29) is 0 Å². The molecule has 19 heavy (non-hydrogen) atoms. The van der Waals surface area contributed by atoms with Gasteiger partial charge in [-0.2, -0.15) is 5.10 Å². The van der Waals surface area contributed by atoms with E-state index in [1.54, 1.807) is 33.4 Å². The average molecular weight is 266 g/mol. The molecule has 2 rings (SSSR count). The number of nitrogens with one attached hydrogen (secondary N) is 1. The first-order valence-corrected chi connectivity index (χ1v) is 5.68. The Labute approximate surface area is 111 Å². The maximum atomic E-state index is 10.9. The summed E-state index contributed by atoms with van der Waals surface area (Å²) in [6.45, 7) is 1.62. The standard InChI is InChI=1S/C11H12N2O3.C2H6O/c1-6(15)8-3-7(5-14)10-9(4-12-13-10)11(8)16-2;1-3-2/h3-6,15H,1-2H3,(H,12,13);1-2H3. The number of ether oxygens (including phenoxy) is 2. The molecule has 0 aliphatic carbocycles. The molecule has 0 aliphatic heterocycles. The van der Waals surface area contributed by atoms with Gasteiger partial charge in [0.15, 0.2) is 6.29 Å². The second-order valence-corrected chi connectivity index (χ2v) is 3.95. The number of benzene rings is 1. The van der Waals surface area contributed by atoms with E-state index in [1.165, 1.54) is 7.11 Å². The number of rotatable bonds is 3. The maximum absolute atomic E-state index is 10.9. The number of aldehydes is 1. The minimum absolute atomic E-state index is 0.462. The van der Waals surface area contributed by atoms with Crippen molar-refractivity contribution in [2.24, 2.45) is 0 Å². The number of methoxy groups -OCH3 is 2. The molecule has 0 radical (unpaired) electrons. The SMILES string of the molecule is COC.COc1c(C(C)O)cc(C=O)c2[nH]ncc12. The molecule has 6 heteroatoms. The summed E-state index contributed by atoms with van der Waals surface area (Å²) in [4.78, 5) is 10.9. The fourth-order valence-corrected chi connectivity index (χ4v) is 1.77. The summed E-state index contributed by atoms with van der Waals surface area (Å²) in [6.07, 6.45) is 1.60. The van der Waals surface area contributed by atoms with Crippen LogP contribution in [-0.2, 0) is 4.74 Å². The molecule has 6 nitrogen and oxygen atoms in total. The van der Waals surface area contributed by atoms with Crippen LogP contribution in [0.4, 0.5) is 0 Å². The number of carbonyl (C=O) groups is 1. The van der Waals surface area contributed by atoms with Crippen LogP contribution in [0.25, 0.3) is 10.9 Å². The van der Waals surface area contributed by atoms with E-state index in [4.69, 9.17) is 4.74 Å². The van der Waals surface area contributed by atoms with Crippen LogP contribution in [0.1, 0.15) is 28.9 Å². The number of H-pyrrole nitrogens is 1. The van der Waals surface area contributed by atoms with Gasteiger partial charge in [0.2, 0.25) is 0 Å². The predicted molar refractivity (Wildman–Crippen MR) is 71.6 cm³/mol. The molecule has 0 bridgehead atoms. The third-order valence-electron chi connectivity index (χ3n) is 2.53. The van der Waals surface area contributed by atoms with E-state index in [0.717, 1.165) is 6.29 Å². The minimum Gasteiger partial charge on any atom is -0.496 e. The van der Waals surface area contributed by atoms with Gasteiger partial charge >= 0.3 is 0 Å². The topological polar surface area (TPSA) is 84.4 Å². The number of aromatic nitrogens is 2. The fraction of sp³-hybridized carbons (Fsp3) is 0.385. The highest BCUT2D eigenvalue weighted by atomic mass is 16.5. The molecule has 2 N–H and O–H groups in total. The van der Waals surface area contributed by atoms with Gasteiger partial charge in [0.05, 0.1) is 30.3 Å². The maximum Gasteiger partial charge on any atom is 0.152 e. The number of nitrogens with zero attached hydrogens (tertiary/aromatic N) is 1. The van der Waals surface area contributed by atoms with Gasteiger partial charge in [-0.25, -0.2) is 0 Å². The van der Waals surface area contributed by atoms with Crippen LogP contribution in [0, 0.1) is 0 Å². The first-order chi connectivity index (χ1) is 9.10. The van der Waals surface area contributed by atoms with Crippen molar-refractivity contribution in [2.45, 2.75) is 13.0 Å². The van der Waals surface area contributed by atoms with E-state index >= 15 is 0 Å². The highest BCUT2D eigenvalue weighted by Crippen LogP contribution is 2.34. The molecule has 1 aromatic heterocycles. The molecule has 2 aromatic rings. The Hall–Kier alpha value is -1.92. The Kier molecular flexibility index (Phi) is 5.47. The van der Waals surface area contributed by atoms with E-state index < -0.39 is 6.10 Å². The van der Waals surface area contributed by atoms with Gasteiger partial charge in [-0.05, 0) is 13.0 Å². The molecule has 104 valence electrons. The van der Waals surface area contributed by atoms with Gasteiger partial charge < -0.3 is 14.6 Å². The van der Waals surface area contributed by atoms with Crippen molar-refractivity contribution in [3.05, 3.63) is 23.4 Å². The molecule has 1 aromatic carbocycles. The Morgan fingerprint density at radius 1 is 1.42 bits per heavy atom. The lowest BCUT2D eigenvalue weighted by atomic mass is 10.0. The second kappa shape index (κ2) is 6.86. The Bertz CT molecular complexity index is 549. The lowest BCUT2D eigenvalue weighted by molar-refractivity contribution is 0.112. The number of fused-ring (bicyclic) bond motifs is 1. The lowest BCUT2D eigenvalue weighted by Crippen LogP contribution is -1.99. The summed E-state index contributed by atoms with van der Waals surface area (Å²) >= 11 is 0. The monoisotopic (exact) mass is 266 g/mol. The Morgan fingerprint density at radius 3 is 2.53 bits per heavy atom. The van der Waals surface area contributed by atoms with E-state index in [2.05, 4.69) is 14.9 Å². The predicted octanol–water partition coefficient (Wildman–Crippen LogP) is 1.70. The molecule has 1 heterocycles. The third-order valence-corrected chi connectivity index (χ3v) is 2.53. The average Bonchev–Trinajstić information content (AvgIpc) is 2.86. The molecule has 1 unspecified atom stereocenters. The zero-order valence-electron chi connectivity index (χ0n) is 11.4. The van der Waals surface area contributed by atoms with Crippen LogP contribution < -0.4 is 4.74 Å². The van der Waals surface area contributed by atoms with Gasteiger partial charge in [-0.1, -0.05) is 0 Å². The van der Waals surface area contributed by atoms with Crippen molar-refractivity contribution in [3.8, 4) is 5.75 Å². The summed E-state index contributed by atoms with van der Waals surface area (Å²) in [5.41, 5.74) is 1.67. The van der Waals surface area contributed by atoms with Crippen molar-refractivity contribution < 1.29 is 19.4 Å². The van der Waals surface area contributed by atoms with E-state index in [1.807, 2.05) is 0 Å². The molecule has 0 saturated carbocycles. The number of hydrogen-bond donors (Lipinski definition) is 2. The molecule has 0 fully saturated rings. The van der Waals surface area contributed by atoms with Crippen LogP contribution in [0.15, 0.2) is 12.3 Å². The van der Waals surface area contributed by atoms with Crippen molar-refractivity contribution >= 4 is 17.2 Å². The first-order valence-electron chi connectivity index (χ1n) is 5.68. The normalized spacial score (nSPS) is 11.6. The highest BCUT2D eigenvalue weighted by Gasteiger charge is 2.16. The van der Waals surface area contributed by atoms with Gasteiger partial charge in [0, 0.05) is 25.3 Å². The number of carbonyl (C=O) groups excluding carboxylic acids is 1. The van der Waals surface area contributed by atoms with Gasteiger partial charge in [-0.15, -0.1) is 0 Å². The van der Waals surface area contributed by atoms with Crippen LogP contribution >= 0.6 is 0 Å². The van der Waals surface area contributed by atoms with E-state index in [0.29, 0.717) is 27.8 Å². The van der Waals surface area contributed by atoms with Crippen LogP contribution in [0.5, 0.6) is 5.75 Å². The second-order valence-electron chi connectivity index (χ2n) is 3.95. The van der Waals surface area contributed by atoms with E-state index in [9.17, 15) is 9.90 Å². The number of aromatic amines is 1. The van der Waals surface area contributed by atoms with Crippen molar-refractivity contribution in [3.63, 3.8) is 0 Å². The first kappa shape index (κ1) is 15.1. The highest BCUT2D eigenvalue weighted by molar-refractivity contribution is 5.99. The van der Waals surface area contributed by atoms with Crippen molar-refractivity contribution in [2.75, 3.05) is 21.3 Å². The molecular weight excluding hydrogens is 248 g/mol. The number of aliphatic hydroxyl groups excluding tert-OH is 1. The van der Waals surface area contributed by atoms with Crippen LogP contribution in [-0.4, -0.2) is 42.9 Å². The van der Waals surface area contributed by atoms with Gasteiger partial charge in [-0.3, -0.25) is 9.89 Å².